The summed E-state index contributed by atoms with van der Waals surface area (Å²) in [6, 6.07) is 9.28. The first-order chi connectivity index (χ1) is 13.7. The minimum Gasteiger partial charge on any atom is -0.336 e. The molecule has 2 aromatic rings. The smallest absolute Gasteiger partial charge is 0.263 e. The predicted octanol–water partition coefficient (Wildman–Crippen LogP) is 1.96. The van der Waals surface area contributed by atoms with Gasteiger partial charge in [-0.2, -0.15) is 0 Å². The first-order valence-electron chi connectivity index (χ1n) is 10.4. The highest BCUT2D eigenvalue weighted by Gasteiger charge is 2.31. The average molecular weight is 378 g/mol. The number of aromatic amines is 1. The highest BCUT2D eigenvalue weighted by Crippen LogP contribution is 2.37. The number of fused-ring (bicyclic) bond motifs is 1. The second-order valence-corrected chi connectivity index (χ2v) is 8.28. The summed E-state index contributed by atoms with van der Waals surface area (Å²) in [5.74, 6) is 0.912. The number of nitrogens with one attached hydrogen (secondary N) is 1. The molecule has 2 heterocycles. The van der Waals surface area contributed by atoms with Crippen molar-refractivity contribution in [3.63, 3.8) is 0 Å². The van der Waals surface area contributed by atoms with Crippen LogP contribution in [0.1, 0.15) is 52.5 Å². The second-order valence-electron chi connectivity index (χ2n) is 8.28. The van der Waals surface area contributed by atoms with Crippen LogP contribution in [0.2, 0.25) is 0 Å². The van der Waals surface area contributed by atoms with Crippen molar-refractivity contribution >= 4 is 5.91 Å². The molecule has 1 saturated carbocycles. The van der Waals surface area contributed by atoms with Crippen molar-refractivity contribution in [3.8, 4) is 0 Å². The lowest BCUT2D eigenvalue weighted by molar-refractivity contribution is 0.0551. The summed E-state index contributed by atoms with van der Waals surface area (Å²) in [7, 11) is 0. The topological polar surface area (TPSA) is 69.3 Å². The van der Waals surface area contributed by atoms with Gasteiger partial charge in [-0.05, 0) is 43.2 Å². The van der Waals surface area contributed by atoms with Gasteiger partial charge < -0.3 is 9.88 Å². The van der Waals surface area contributed by atoms with Gasteiger partial charge in [-0.3, -0.25) is 14.5 Å². The zero-order valence-electron chi connectivity index (χ0n) is 16.1. The molecule has 1 aromatic heterocycles. The van der Waals surface area contributed by atoms with Crippen LogP contribution in [0, 0.1) is 0 Å². The minimum atomic E-state index is -0.298. The highest BCUT2D eigenvalue weighted by molar-refractivity contribution is 5.93. The lowest BCUT2D eigenvalue weighted by Gasteiger charge is -2.41. The summed E-state index contributed by atoms with van der Waals surface area (Å²) < 4.78 is 0. The van der Waals surface area contributed by atoms with Crippen LogP contribution >= 0.6 is 0 Å². The third-order valence-electron chi connectivity index (χ3n) is 6.45. The molecule has 6 nitrogen and oxygen atoms in total. The number of hydrogen-bond acceptors (Lipinski definition) is 4. The number of aryl methyl sites for hydroxylation is 1. The molecule has 146 valence electrons. The van der Waals surface area contributed by atoms with Gasteiger partial charge in [0.05, 0.1) is 0 Å². The van der Waals surface area contributed by atoms with E-state index in [1.54, 1.807) is 4.90 Å². The van der Waals surface area contributed by atoms with Gasteiger partial charge in [0.2, 0.25) is 0 Å². The normalized spacial score (nSPS) is 22.7. The molecule has 2 fully saturated rings. The molecule has 28 heavy (non-hydrogen) atoms. The number of H-pyrrole nitrogens is 1. The van der Waals surface area contributed by atoms with Gasteiger partial charge in [0.1, 0.15) is 11.4 Å². The standard InChI is InChI=1S/C22H26N4O2/c27-21-19(14-23-20(24-21)16-5-6-16)22(28)26-11-9-25(10-12-26)18-8-7-15-3-1-2-4-17(15)13-18/h1-4,14,16,18H,5-13H2,(H,23,24,27). The number of carbonyl (C=O) groups is 1. The van der Waals surface area contributed by atoms with E-state index in [1.165, 1.54) is 23.7 Å². The van der Waals surface area contributed by atoms with Gasteiger partial charge in [0.25, 0.3) is 11.5 Å². The Kier molecular flexibility index (Phi) is 4.51. The number of carbonyl (C=O) groups excluding carboxylic acids is 1. The molecular weight excluding hydrogens is 352 g/mol. The van der Waals surface area contributed by atoms with E-state index in [1.807, 2.05) is 0 Å². The molecular formula is C22H26N4O2. The fourth-order valence-electron chi connectivity index (χ4n) is 4.58. The van der Waals surface area contributed by atoms with Crippen molar-refractivity contribution in [2.45, 2.75) is 44.1 Å². The molecule has 1 aromatic carbocycles. The van der Waals surface area contributed by atoms with Crippen LogP contribution in [0.3, 0.4) is 0 Å². The summed E-state index contributed by atoms with van der Waals surface area (Å²) in [6.07, 6.45) is 7.02. The average Bonchev–Trinajstić information content (AvgIpc) is 3.58. The Balaban J connectivity index is 1.21. The quantitative estimate of drug-likeness (QED) is 0.887. The fraction of sp³-hybridized carbons (Fsp3) is 0.500. The minimum absolute atomic E-state index is 0.171. The van der Waals surface area contributed by atoms with Crippen LogP contribution < -0.4 is 5.56 Å². The molecule has 1 atom stereocenters. The van der Waals surface area contributed by atoms with Crippen molar-refractivity contribution in [1.29, 1.82) is 0 Å². The van der Waals surface area contributed by atoms with E-state index in [2.05, 4.69) is 39.1 Å². The number of aromatic nitrogens is 2. The van der Waals surface area contributed by atoms with Crippen LogP contribution in [0.5, 0.6) is 0 Å². The van der Waals surface area contributed by atoms with Crippen molar-refractivity contribution in [2.75, 3.05) is 26.2 Å². The van der Waals surface area contributed by atoms with E-state index >= 15 is 0 Å². The van der Waals surface area contributed by atoms with E-state index in [0.29, 0.717) is 25.0 Å². The van der Waals surface area contributed by atoms with E-state index in [0.717, 1.165) is 44.6 Å². The summed E-state index contributed by atoms with van der Waals surface area (Å²) in [5, 5.41) is 0. The lowest BCUT2D eigenvalue weighted by atomic mass is 9.87. The maximum atomic E-state index is 12.8. The van der Waals surface area contributed by atoms with Crippen molar-refractivity contribution in [3.05, 3.63) is 63.3 Å². The molecule has 0 spiro atoms. The molecule has 0 bridgehead atoms. The fourth-order valence-corrected chi connectivity index (χ4v) is 4.58. The molecule has 1 amide bonds. The van der Waals surface area contributed by atoms with Crippen LogP contribution in [-0.4, -0.2) is 57.9 Å². The first-order valence-corrected chi connectivity index (χ1v) is 10.4. The lowest BCUT2D eigenvalue weighted by Crippen LogP contribution is -2.53. The molecule has 1 aliphatic heterocycles. The molecule has 1 N–H and O–H groups in total. The monoisotopic (exact) mass is 378 g/mol. The second kappa shape index (κ2) is 7.17. The number of nitrogens with zero attached hydrogens (tertiary/aromatic N) is 3. The van der Waals surface area contributed by atoms with Crippen molar-refractivity contribution < 1.29 is 4.79 Å². The van der Waals surface area contributed by atoms with E-state index in [-0.39, 0.29) is 17.0 Å². The largest absolute Gasteiger partial charge is 0.336 e. The molecule has 3 aliphatic rings. The Hall–Kier alpha value is -2.47. The van der Waals surface area contributed by atoms with Gasteiger partial charge in [-0.1, -0.05) is 24.3 Å². The van der Waals surface area contributed by atoms with Crippen LogP contribution in [0.4, 0.5) is 0 Å². The van der Waals surface area contributed by atoms with Crippen LogP contribution in [-0.2, 0) is 12.8 Å². The Morgan fingerprint density at radius 3 is 2.50 bits per heavy atom. The zero-order valence-corrected chi connectivity index (χ0v) is 16.1. The van der Waals surface area contributed by atoms with E-state index in [9.17, 15) is 9.59 Å². The summed E-state index contributed by atoms with van der Waals surface area (Å²) in [6.45, 7) is 3.07. The zero-order chi connectivity index (χ0) is 19.1. The predicted molar refractivity (Wildman–Crippen MR) is 107 cm³/mol. The summed E-state index contributed by atoms with van der Waals surface area (Å²) in [5.41, 5.74) is 2.82. The number of amides is 1. The van der Waals surface area contributed by atoms with E-state index in [4.69, 9.17) is 0 Å². The van der Waals surface area contributed by atoms with Crippen molar-refractivity contribution in [2.24, 2.45) is 0 Å². The third-order valence-corrected chi connectivity index (χ3v) is 6.45. The van der Waals surface area contributed by atoms with Crippen LogP contribution in [0.25, 0.3) is 0 Å². The molecule has 1 saturated heterocycles. The first kappa shape index (κ1) is 17.6. The highest BCUT2D eigenvalue weighted by atomic mass is 16.2. The number of rotatable bonds is 3. The Bertz CT molecular complexity index is 942. The van der Waals surface area contributed by atoms with Gasteiger partial charge in [-0.15, -0.1) is 0 Å². The Morgan fingerprint density at radius 1 is 1.04 bits per heavy atom. The van der Waals surface area contributed by atoms with E-state index < -0.39 is 0 Å². The summed E-state index contributed by atoms with van der Waals surface area (Å²) >= 11 is 0. The number of piperazine rings is 1. The van der Waals surface area contributed by atoms with Gasteiger partial charge in [0, 0.05) is 44.3 Å². The van der Waals surface area contributed by atoms with Gasteiger partial charge in [0.15, 0.2) is 0 Å². The third kappa shape index (κ3) is 3.37. The Morgan fingerprint density at radius 2 is 1.79 bits per heavy atom. The maximum absolute atomic E-state index is 12.8. The SMILES string of the molecule is O=C(c1cnc(C2CC2)[nH]c1=O)N1CCN(C2CCc3ccccc3C2)CC1. The Labute approximate surface area is 164 Å². The molecule has 1 unspecified atom stereocenters. The van der Waals surface area contributed by atoms with Crippen LogP contribution in [0.15, 0.2) is 35.3 Å². The number of hydrogen-bond donors (Lipinski definition) is 1. The number of benzene rings is 1. The molecule has 2 aliphatic carbocycles. The molecule has 0 radical (unpaired) electrons. The van der Waals surface area contributed by atoms with Gasteiger partial charge >= 0.3 is 0 Å². The van der Waals surface area contributed by atoms with Crippen molar-refractivity contribution in [1.82, 2.24) is 19.8 Å². The molecule has 6 heteroatoms. The maximum Gasteiger partial charge on any atom is 0.263 e. The summed E-state index contributed by atoms with van der Waals surface area (Å²) in [4.78, 5) is 36.6. The molecule has 5 rings (SSSR count). The van der Waals surface area contributed by atoms with Gasteiger partial charge in [-0.25, -0.2) is 4.98 Å².